The van der Waals surface area contributed by atoms with E-state index in [1.54, 1.807) is 11.0 Å². The van der Waals surface area contributed by atoms with E-state index in [-0.39, 0.29) is 11.9 Å². The smallest absolute Gasteiger partial charge is 0.324 e. The van der Waals surface area contributed by atoms with Crippen molar-refractivity contribution in [2.24, 2.45) is 17.5 Å². The van der Waals surface area contributed by atoms with Crippen molar-refractivity contribution in [1.29, 1.82) is 5.41 Å². The molecule has 2 saturated heterocycles. The first-order valence-electron chi connectivity index (χ1n) is 8.55. The Hall–Kier alpha value is -2.12. The van der Waals surface area contributed by atoms with Gasteiger partial charge in [0.1, 0.15) is 5.84 Å². The SMILES string of the molecule is N=C(N)c1cccc(N2CCCN(CC3CCCN(N)C3)C2=O)c1. The molecule has 1 aromatic rings. The summed E-state index contributed by atoms with van der Waals surface area (Å²) in [6.45, 7) is 4.04. The van der Waals surface area contributed by atoms with E-state index in [0.717, 1.165) is 51.1 Å². The molecule has 7 heteroatoms. The second-order valence-corrected chi connectivity index (χ2v) is 6.70. The van der Waals surface area contributed by atoms with Crippen molar-refractivity contribution in [3.8, 4) is 0 Å². The zero-order valence-corrected chi connectivity index (χ0v) is 13.9. The second-order valence-electron chi connectivity index (χ2n) is 6.70. The van der Waals surface area contributed by atoms with Gasteiger partial charge in [-0.2, -0.15) is 0 Å². The number of hydrazine groups is 1. The fourth-order valence-electron chi connectivity index (χ4n) is 3.59. The van der Waals surface area contributed by atoms with Gasteiger partial charge in [-0.15, -0.1) is 0 Å². The largest absolute Gasteiger partial charge is 0.384 e. The number of urea groups is 1. The molecule has 0 aliphatic carbocycles. The molecular formula is C17H26N6O. The molecule has 0 saturated carbocycles. The van der Waals surface area contributed by atoms with E-state index in [4.69, 9.17) is 17.0 Å². The van der Waals surface area contributed by atoms with E-state index in [1.807, 2.05) is 28.1 Å². The summed E-state index contributed by atoms with van der Waals surface area (Å²) in [5.74, 6) is 6.37. The molecule has 2 aliphatic heterocycles. The molecule has 24 heavy (non-hydrogen) atoms. The predicted octanol–water partition coefficient (Wildman–Crippen LogP) is 1.19. The minimum Gasteiger partial charge on any atom is -0.384 e. The van der Waals surface area contributed by atoms with Crippen LogP contribution in [0.25, 0.3) is 0 Å². The van der Waals surface area contributed by atoms with E-state index < -0.39 is 0 Å². The number of rotatable bonds is 4. The number of hydrogen-bond donors (Lipinski definition) is 3. The van der Waals surface area contributed by atoms with Crippen LogP contribution in [0.1, 0.15) is 24.8 Å². The highest BCUT2D eigenvalue weighted by Crippen LogP contribution is 2.23. The van der Waals surface area contributed by atoms with Crippen LogP contribution in [0, 0.1) is 11.3 Å². The maximum atomic E-state index is 12.9. The van der Waals surface area contributed by atoms with Gasteiger partial charge in [-0.1, -0.05) is 12.1 Å². The number of nitrogens with one attached hydrogen (secondary N) is 1. The van der Waals surface area contributed by atoms with Gasteiger partial charge in [0.15, 0.2) is 0 Å². The van der Waals surface area contributed by atoms with Crippen LogP contribution in [0.5, 0.6) is 0 Å². The number of hydrogen-bond acceptors (Lipinski definition) is 4. The number of benzene rings is 1. The average molecular weight is 330 g/mol. The first-order chi connectivity index (χ1) is 11.5. The zero-order valence-electron chi connectivity index (χ0n) is 13.9. The molecule has 5 N–H and O–H groups in total. The van der Waals surface area contributed by atoms with E-state index in [0.29, 0.717) is 18.0 Å². The van der Waals surface area contributed by atoms with Crippen LogP contribution in [-0.2, 0) is 0 Å². The molecule has 2 amide bonds. The quantitative estimate of drug-likeness (QED) is 0.438. The summed E-state index contributed by atoms with van der Waals surface area (Å²) in [4.78, 5) is 16.6. The van der Waals surface area contributed by atoms with Crippen molar-refractivity contribution in [2.45, 2.75) is 19.3 Å². The highest BCUT2D eigenvalue weighted by atomic mass is 16.2. The highest BCUT2D eigenvalue weighted by Gasteiger charge is 2.30. The number of anilines is 1. The van der Waals surface area contributed by atoms with Crippen LogP contribution in [0.3, 0.4) is 0 Å². The lowest BCUT2D eigenvalue weighted by Crippen LogP contribution is -2.53. The van der Waals surface area contributed by atoms with Crippen LogP contribution in [-0.4, -0.2) is 54.5 Å². The van der Waals surface area contributed by atoms with Gasteiger partial charge < -0.3 is 10.6 Å². The van der Waals surface area contributed by atoms with Gasteiger partial charge in [0, 0.05) is 44.0 Å². The molecule has 0 radical (unpaired) electrons. The van der Waals surface area contributed by atoms with Gasteiger partial charge in [-0.05, 0) is 37.3 Å². The Balaban J connectivity index is 1.70. The number of nitrogens with two attached hydrogens (primary N) is 2. The molecule has 0 bridgehead atoms. The van der Waals surface area contributed by atoms with Gasteiger partial charge in [0.25, 0.3) is 0 Å². The van der Waals surface area contributed by atoms with Crippen molar-refractivity contribution in [3.63, 3.8) is 0 Å². The number of carbonyl (C=O) groups excluding carboxylic acids is 1. The van der Waals surface area contributed by atoms with Crippen LogP contribution >= 0.6 is 0 Å². The summed E-state index contributed by atoms with van der Waals surface area (Å²) >= 11 is 0. The lowest BCUT2D eigenvalue weighted by Gasteiger charge is -2.39. The van der Waals surface area contributed by atoms with Gasteiger partial charge in [-0.3, -0.25) is 16.2 Å². The monoisotopic (exact) mass is 330 g/mol. The van der Waals surface area contributed by atoms with Gasteiger partial charge in [0.2, 0.25) is 0 Å². The van der Waals surface area contributed by atoms with Crippen molar-refractivity contribution in [3.05, 3.63) is 29.8 Å². The van der Waals surface area contributed by atoms with Gasteiger partial charge in [-0.25, -0.2) is 9.80 Å². The Morgan fingerprint density at radius 1 is 1.25 bits per heavy atom. The zero-order chi connectivity index (χ0) is 17.1. The summed E-state index contributed by atoms with van der Waals surface area (Å²) in [5.41, 5.74) is 7.01. The normalized spacial score (nSPS) is 22.7. The summed E-state index contributed by atoms with van der Waals surface area (Å²) < 4.78 is 0. The maximum Gasteiger partial charge on any atom is 0.324 e. The van der Waals surface area contributed by atoms with Crippen LogP contribution < -0.4 is 16.5 Å². The topological polar surface area (TPSA) is 103 Å². The lowest BCUT2D eigenvalue weighted by atomic mass is 9.98. The molecule has 130 valence electrons. The molecule has 7 nitrogen and oxygen atoms in total. The third-order valence-corrected chi connectivity index (χ3v) is 4.81. The van der Waals surface area contributed by atoms with Crippen LogP contribution in [0.15, 0.2) is 24.3 Å². The molecule has 1 atom stereocenters. The summed E-state index contributed by atoms with van der Waals surface area (Å²) in [6, 6.07) is 7.37. The van der Waals surface area contributed by atoms with Crippen molar-refractivity contribution in [2.75, 3.05) is 37.6 Å². The van der Waals surface area contributed by atoms with E-state index in [9.17, 15) is 4.79 Å². The van der Waals surface area contributed by atoms with E-state index >= 15 is 0 Å². The average Bonchev–Trinajstić information content (AvgIpc) is 2.57. The summed E-state index contributed by atoms with van der Waals surface area (Å²) in [6.07, 6.45) is 3.15. The van der Waals surface area contributed by atoms with E-state index in [2.05, 4.69) is 0 Å². The Morgan fingerprint density at radius 2 is 2.08 bits per heavy atom. The Bertz CT molecular complexity index is 619. The Morgan fingerprint density at radius 3 is 2.83 bits per heavy atom. The van der Waals surface area contributed by atoms with Gasteiger partial charge in [0.05, 0.1) is 0 Å². The predicted molar refractivity (Wildman–Crippen MR) is 94.9 cm³/mol. The molecule has 2 heterocycles. The van der Waals surface area contributed by atoms with Crippen molar-refractivity contribution < 1.29 is 4.79 Å². The lowest BCUT2D eigenvalue weighted by molar-refractivity contribution is 0.135. The van der Waals surface area contributed by atoms with Crippen LogP contribution in [0.2, 0.25) is 0 Å². The van der Waals surface area contributed by atoms with Gasteiger partial charge >= 0.3 is 6.03 Å². The number of amides is 2. The Kier molecular flexibility index (Phi) is 5.01. The first kappa shape index (κ1) is 16.7. The molecule has 0 aromatic heterocycles. The number of nitrogens with zero attached hydrogens (tertiary/aromatic N) is 3. The minimum atomic E-state index is 0.0170. The molecule has 3 rings (SSSR count). The molecule has 1 aromatic carbocycles. The number of amidine groups is 1. The Labute approximate surface area is 142 Å². The fraction of sp³-hybridized carbons (Fsp3) is 0.529. The molecule has 1 unspecified atom stereocenters. The molecular weight excluding hydrogens is 304 g/mol. The summed E-state index contributed by atoms with van der Waals surface area (Å²) in [7, 11) is 0. The molecule has 2 aliphatic rings. The van der Waals surface area contributed by atoms with Crippen molar-refractivity contribution in [1.82, 2.24) is 9.91 Å². The maximum absolute atomic E-state index is 12.9. The third-order valence-electron chi connectivity index (χ3n) is 4.81. The molecule has 0 spiro atoms. The number of carbonyl (C=O) groups is 1. The molecule has 2 fully saturated rings. The van der Waals surface area contributed by atoms with Crippen molar-refractivity contribution >= 4 is 17.6 Å². The fourth-order valence-corrected chi connectivity index (χ4v) is 3.59. The third kappa shape index (κ3) is 3.68. The van der Waals surface area contributed by atoms with Crippen LogP contribution in [0.4, 0.5) is 10.5 Å². The standard InChI is InChI=1S/C17H26N6O/c18-16(19)14-5-1-6-15(10-14)23-9-3-7-21(17(23)24)11-13-4-2-8-22(20)12-13/h1,5-6,10,13H,2-4,7-9,11-12,20H2,(H3,18,19). The number of nitrogen functional groups attached to an aromatic ring is 1. The minimum absolute atomic E-state index is 0.0170. The van der Waals surface area contributed by atoms with E-state index in [1.165, 1.54) is 0 Å². The highest BCUT2D eigenvalue weighted by molar-refractivity contribution is 5.98. The summed E-state index contributed by atoms with van der Waals surface area (Å²) in [5, 5.41) is 9.43. The second kappa shape index (κ2) is 7.19. The number of piperidine rings is 1. The first-order valence-corrected chi connectivity index (χ1v) is 8.55.